The van der Waals surface area contributed by atoms with Gasteiger partial charge in [-0.3, -0.25) is 14.9 Å². The highest BCUT2D eigenvalue weighted by molar-refractivity contribution is 5.89. The van der Waals surface area contributed by atoms with Gasteiger partial charge >= 0.3 is 5.72 Å². The first-order chi connectivity index (χ1) is 12.7. The molecule has 1 aliphatic heterocycles. The molecule has 0 radical (unpaired) electrons. The lowest BCUT2D eigenvalue weighted by Gasteiger charge is -2.38. The Morgan fingerprint density at radius 1 is 1.33 bits per heavy atom. The van der Waals surface area contributed by atoms with Crippen molar-refractivity contribution in [2.24, 2.45) is 0 Å². The van der Waals surface area contributed by atoms with Gasteiger partial charge in [-0.1, -0.05) is 18.2 Å². The summed E-state index contributed by atoms with van der Waals surface area (Å²) in [6, 6.07) is 5.03. The summed E-state index contributed by atoms with van der Waals surface area (Å²) in [5.41, 5.74) is -5.61. The first-order valence-corrected chi connectivity index (χ1v) is 8.36. The average molecular weight is 380 g/mol. The normalized spacial score (nSPS) is 20.5. The van der Waals surface area contributed by atoms with E-state index in [0.29, 0.717) is 17.4 Å². The Morgan fingerprint density at radius 2 is 2.04 bits per heavy atom. The topological polar surface area (TPSA) is 166 Å². The number of nitrogens with zero attached hydrogens (tertiary/aromatic N) is 2. The Hall–Kier alpha value is -2.37. The molecule has 0 aliphatic carbocycles. The lowest BCUT2D eigenvalue weighted by Crippen LogP contribution is -2.66. The van der Waals surface area contributed by atoms with E-state index in [1.54, 1.807) is 10.6 Å². The fourth-order valence-corrected chi connectivity index (χ4v) is 3.78. The van der Waals surface area contributed by atoms with Crippen LogP contribution in [-0.2, 0) is 23.4 Å². The molecule has 0 amide bonds. The summed E-state index contributed by atoms with van der Waals surface area (Å²) in [6.45, 7) is -0.528. The van der Waals surface area contributed by atoms with Crippen LogP contribution in [0.4, 0.5) is 0 Å². The van der Waals surface area contributed by atoms with Gasteiger partial charge in [0.1, 0.15) is 12.2 Å². The maximum absolute atomic E-state index is 11.5. The molecule has 4 unspecified atom stereocenters. The van der Waals surface area contributed by atoms with E-state index >= 15 is 0 Å². The fraction of sp³-hybridized carbons (Fsp3) is 0.471. The van der Waals surface area contributed by atoms with Crippen molar-refractivity contribution < 1.29 is 35.3 Å². The van der Waals surface area contributed by atoms with Crippen molar-refractivity contribution in [3.05, 3.63) is 45.6 Å². The van der Waals surface area contributed by atoms with Gasteiger partial charge in [0.05, 0.1) is 17.0 Å². The minimum absolute atomic E-state index is 0.285. The summed E-state index contributed by atoms with van der Waals surface area (Å²) in [5.74, 6) is 0. The third kappa shape index (κ3) is 2.57. The number of aromatic nitrogens is 1. The highest BCUT2D eigenvalue weighted by atomic mass is 16.7. The summed E-state index contributed by atoms with van der Waals surface area (Å²) in [4.78, 5) is 21.5. The van der Waals surface area contributed by atoms with E-state index in [9.17, 15) is 35.3 Å². The molecule has 1 aromatic carbocycles. The molecule has 0 fully saturated rings. The highest BCUT2D eigenvalue weighted by Gasteiger charge is 2.67. The number of rotatable bonds is 7. The predicted octanol–water partition coefficient (Wildman–Crippen LogP) is -1.35. The standard InChI is InChI=1S/C17H20N2O8/c20-8-13(22)15(23)17(25,16(24,9-21)19(26)27)12-7-18-6-2-4-10-3-1-5-11(12)14(10)18/h1,3,5,7,9,13,15,20,22-25H,2,4,6,8H2. The van der Waals surface area contributed by atoms with Gasteiger partial charge in [-0.25, -0.2) is 0 Å². The van der Waals surface area contributed by atoms with E-state index in [1.165, 1.54) is 12.3 Å². The van der Waals surface area contributed by atoms with Crippen LogP contribution >= 0.6 is 0 Å². The van der Waals surface area contributed by atoms with E-state index < -0.39 is 41.4 Å². The lowest BCUT2D eigenvalue weighted by molar-refractivity contribution is -0.633. The molecule has 0 bridgehead atoms. The molecule has 0 spiro atoms. The zero-order chi connectivity index (χ0) is 20.0. The molecule has 4 atom stereocenters. The van der Waals surface area contributed by atoms with Crippen molar-refractivity contribution in [2.75, 3.05) is 6.61 Å². The molecular weight excluding hydrogens is 360 g/mol. The van der Waals surface area contributed by atoms with Crippen molar-refractivity contribution in [1.82, 2.24) is 4.57 Å². The van der Waals surface area contributed by atoms with E-state index in [-0.39, 0.29) is 5.56 Å². The molecule has 0 saturated carbocycles. The maximum atomic E-state index is 11.5. The Balaban J connectivity index is 2.36. The monoisotopic (exact) mass is 380 g/mol. The molecule has 146 valence electrons. The summed E-state index contributed by atoms with van der Waals surface area (Å²) in [6.07, 6.45) is -2.15. The number of benzene rings is 1. The predicted molar refractivity (Wildman–Crippen MR) is 91.3 cm³/mol. The van der Waals surface area contributed by atoms with E-state index in [4.69, 9.17) is 5.11 Å². The molecule has 2 heterocycles. The molecule has 2 aromatic rings. The van der Waals surface area contributed by atoms with Crippen LogP contribution in [0.1, 0.15) is 17.5 Å². The maximum Gasteiger partial charge on any atom is 0.414 e. The number of aryl methyl sites for hydroxylation is 2. The van der Waals surface area contributed by atoms with E-state index in [0.717, 1.165) is 18.4 Å². The number of carbonyl (C=O) groups is 1. The molecule has 10 nitrogen and oxygen atoms in total. The Labute approximate surface area is 153 Å². The minimum Gasteiger partial charge on any atom is -0.394 e. The van der Waals surface area contributed by atoms with Gasteiger partial charge in [-0.05, 0) is 18.4 Å². The SMILES string of the molecule is O=CC(O)([N+](=O)[O-])C(O)(c1cn2c3c(cccc13)CCC2)C(O)C(O)CO. The van der Waals surface area contributed by atoms with Crippen molar-refractivity contribution in [1.29, 1.82) is 0 Å². The summed E-state index contributed by atoms with van der Waals surface area (Å²) < 4.78 is 1.71. The molecular formula is C17H20N2O8. The van der Waals surface area contributed by atoms with Crippen molar-refractivity contribution in [3.8, 4) is 0 Å². The number of hydrogen-bond acceptors (Lipinski definition) is 8. The Kier molecular flexibility index (Phi) is 4.78. The van der Waals surface area contributed by atoms with Gasteiger partial charge in [0, 0.05) is 23.7 Å². The number of aliphatic hydroxyl groups is 5. The van der Waals surface area contributed by atoms with Gasteiger partial charge in [0.25, 0.3) is 0 Å². The zero-order valence-corrected chi connectivity index (χ0v) is 14.2. The average Bonchev–Trinajstić information content (AvgIpc) is 3.06. The van der Waals surface area contributed by atoms with Crippen LogP contribution in [0.3, 0.4) is 0 Å². The summed E-state index contributed by atoms with van der Waals surface area (Å²) in [7, 11) is 0. The van der Waals surface area contributed by atoms with Crippen LogP contribution in [0, 0.1) is 10.1 Å². The molecule has 1 aliphatic rings. The van der Waals surface area contributed by atoms with Crippen LogP contribution in [-0.4, -0.2) is 65.8 Å². The summed E-state index contributed by atoms with van der Waals surface area (Å²) in [5, 5.41) is 62.8. The number of carbonyl (C=O) groups excluding carboxylic acids is 1. The number of para-hydroxylation sites is 1. The highest BCUT2D eigenvalue weighted by Crippen LogP contribution is 2.43. The second-order valence-corrected chi connectivity index (χ2v) is 6.72. The largest absolute Gasteiger partial charge is 0.414 e. The van der Waals surface area contributed by atoms with E-state index in [1.807, 2.05) is 6.07 Å². The quantitative estimate of drug-likeness (QED) is 0.170. The molecule has 27 heavy (non-hydrogen) atoms. The summed E-state index contributed by atoms with van der Waals surface area (Å²) >= 11 is 0. The second kappa shape index (κ2) is 6.66. The Bertz CT molecular complexity index is 896. The van der Waals surface area contributed by atoms with Crippen LogP contribution in [0.5, 0.6) is 0 Å². The van der Waals surface area contributed by atoms with Gasteiger partial charge in [0.15, 0.2) is 0 Å². The third-order valence-corrected chi connectivity index (χ3v) is 5.22. The smallest absolute Gasteiger partial charge is 0.394 e. The molecule has 10 heteroatoms. The van der Waals surface area contributed by atoms with Gasteiger partial charge in [0.2, 0.25) is 11.9 Å². The minimum atomic E-state index is -3.66. The second-order valence-electron chi connectivity index (χ2n) is 6.72. The number of hydrogen-bond donors (Lipinski definition) is 5. The molecule has 0 saturated heterocycles. The molecule has 3 rings (SSSR count). The first kappa shape index (κ1) is 19.4. The molecule has 1 aromatic heterocycles. The van der Waals surface area contributed by atoms with Crippen molar-refractivity contribution in [3.63, 3.8) is 0 Å². The van der Waals surface area contributed by atoms with Crippen molar-refractivity contribution >= 4 is 17.2 Å². The van der Waals surface area contributed by atoms with Crippen LogP contribution in [0.2, 0.25) is 0 Å². The van der Waals surface area contributed by atoms with E-state index in [2.05, 4.69) is 0 Å². The van der Waals surface area contributed by atoms with Gasteiger partial charge < -0.3 is 30.1 Å². The number of nitro groups is 1. The molecule has 5 N–H and O–H groups in total. The van der Waals surface area contributed by atoms with Crippen LogP contribution in [0.15, 0.2) is 24.4 Å². The Morgan fingerprint density at radius 3 is 2.63 bits per heavy atom. The van der Waals surface area contributed by atoms with Crippen molar-refractivity contribution in [2.45, 2.75) is 42.9 Å². The number of aliphatic hydroxyl groups excluding tert-OH is 3. The van der Waals surface area contributed by atoms with Crippen LogP contribution in [0.25, 0.3) is 10.9 Å². The van der Waals surface area contributed by atoms with Gasteiger partial charge in [-0.2, -0.15) is 0 Å². The third-order valence-electron chi connectivity index (χ3n) is 5.22. The van der Waals surface area contributed by atoms with Gasteiger partial charge in [-0.15, -0.1) is 0 Å². The lowest BCUT2D eigenvalue weighted by atomic mass is 9.77. The zero-order valence-electron chi connectivity index (χ0n) is 14.2. The number of aldehydes is 1. The fourth-order valence-electron chi connectivity index (χ4n) is 3.78. The first-order valence-electron chi connectivity index (χ1n) is 8.36. The van der Waals surface area contributed by atoms with Crippen LogP contribution < -0.4 is 0 Å².